The minimum absolute atomic E-state index is 0.181. The molecule has 0 saturated heterocycles. The maximum Gasteiger partial charge on any atom is 0.335 e. The highest BCUT2D eigenvalue weighted by Gasteiger charge is 2.02. The van der Waals surface area contributed by atoms with Crippen molar-refractivity contribution in [2.24, 2.45) is 0 Å². The maximum absolute atomic E-state index is 10.6. The van der Waals surface area contributed by atoms with Crippen LogP contribution in [-0.4, -0.2) is 30.4 Å². The molecule has 18 heavy (non-hydrogen) atoms. The Morgan fingerprint density at radius 1 is 1.39 bits per heavy atom. The molecule has 0 aliphatic carbocycles. The van der Waals surface area contributed by atoms with Crippen molar-refractivity contribution in [1.29, 1.82) is 0 Å². The molecule has 0 aliphatic heterocycles. The van der Waals surface area contributed by atoms with Gasteiger partial charge in [0.25, 0.3) is 0 Å². The zero-order chi connectivity index (χ0) is 13.4. The first-order valence-corrected chi connectivity index (χ1v) is 5.67. The first-order valence-electron chi connectivity index (χ1n) is 5.67. The number of carbonyl (C=O) groups is 1. The van der Waals surface area contributed by atoms with Gasteiger partial charge in [0.05, 0.1) is 18.8 Å². The van der Waals surface area contributed by atoms with E-state index >= 15 is 0 Å². The fraction of sp³-hybridized carbons (Fsp3) is 0.357. The molecule has 0 amide bonds. The van der Waals surface area contributed by atoms with Gasteiger partial charge in [0.15, 0.2) is 0 Å². The number of rotatable bonds is 7. The second-order valence-corrected chi connectivity index (χ2v) is 3.71. The summed E-state index contributed by atoms with van der Waals surface area (Å²) >= 11 is 0. The van der Waals surface area contributed by atoms with Gasteiger partial charge in [-0.2, -0.15) is 0 Å². The molecule has 96 valence electrons. The maximum atomic E-state index is 10.6. The van der Waals surface area contributed by atoms with Gasteiger partial charge in [0.1, 0.15) is 11.9 Å². The number of terminal acetylenes is 1. The normalized spacial score (nSPS) is 11.6. The molecule has 4 heteroatoms. The SMILES string of the molecule is C#CC(C)OCCCOc1ccc(C(=O)O)cc1. The first kappa shape index (κ1) is 14.1. The fourth-order valence-electron chi connectivity index (χ4n) is 1.25. The van der Waals surface area contributed by atoms with E-state index in [-0.39, 0.29) is 11.7 Å². The number of ether oxygens (including phenoxy) is 2. The summed E-state index contributed by atoms with van der Waals surface area (Å²) < 4.78 is 10.7. The van der Waals surface area contributed by atoms with Crippen LogP contribution in [0.3, 0.4) is 0 Å². The Kier molecular flexibility index (Phi) is 5.75. The van der Waals surface area contributed by atoms with Crippen LogP contribution in [0.2, 0.25) is 0 Å². The first-order chi connectivity index (χ1) is 8.63. The lowest BCUT2D eigenvalue weighted by molar-refractivity contribution is 0.0697. The van der Waals surface area contributed by atoms with E-state index in [4.69, 9.17) is 21.0 Å². The molecule has 1 atom stereocenters. The molecule has 4 nitrogen and oxygen atoms in total. The van der Waals surface area contributed by atoms with Crippen LogP contribution in [-0.2, 0) is 4.74 Å². The third-order valence-corrected chi connectivity index (χ3v) is 2.26. The van der Waals surface area contributed by atoms with Crippen LogP contribution >= 0.6 is 0 Å². The van der Waals surface area contributed by atoms with Gasteiger partial charge in [-0.15, -0.1) is 6.42 Å². The Labute approximate surface area is 107 Å². The van der Waals surface area contributed by atoms with Crippen molar-refractivity contribution in [1.82, 2.24) is 0 Å². The van der Waals surface area contributed by atoms with Crippen LogP contribution in [0, 0.1) is 12.3 Å². The van der Waals surface area contributed by atoms with Gasteiger partial charge >= 0.3 is 5.97 Å². The Morgan fingerprint density at radius 2 is 2.06 bits per heavy atom. The van der Waals surface area contributed by atoms with Gasteiger partial charge in [-0.3, -0.25) is 0 Å². The Hall–Kier alpha value is -1.99. The van der Waals surface area contributed by atoms with Gasteiger partial charge in [-0.05, 0) is 31.2 Å². The van der Waals surface area contributed by atoms with Gasteiger partial charge in [-0.25, -0.2) is 4.79 Å². The molecule has 0 heterocycles. The highest BCUT2D eigenvalue weighted by atomic mass is 16.5. The third-order valence-electron chi connectivity index (χ3n) is 2.26. The van der Waals surface area contributed by atoms with Crippen molar-refractivity contribution in [3.8, 4) is 18.1 Å². The molecule has 0 saturated carbocycles. The lowest BCUT2D eigenvalue weighted by atomic mass is 10.2. The second-order valence-electron chi connectivity index (χ2n) is 3.71. The molecule has 0 radical (unpaired) electrons. The number of hydrogen-bond donors (Lipinski definition) is 1. The van der Waals surface area contributed by atoms with Crippen LogP contribution in [0.1, 0.15) is 23.7 Å². The molecular weight excluding hydrogens is 232 g/mol. The number of carboxylic acids is 1. The molecule has 1 N–H and O–H groups in total. The van der Waals surface area contributed by atoms with Crippen LogP contribution in [0.5, 0.6) is 5.75 Å². The van der Waals surface area contributed by atoms with Crippen molar-refractivity contribution >= 4 is 5.97 Å². The summed E-state index contributed by atoms with van der Waals surface area (Å²) in [6, 6.07) is 6.28. The number of benzene rings is 1. The molecule has 1 rings (SSSR count). The van der Waals surface area contributed by atoms with E-state index in [9.17, 15) is 4.79 Å². The Bertz CT molecular complexity index is 416. The van der Waals surface area contributed by atoms with Crippen molar-refractivity contribution in [2.45, 2.75) is 19.4 Å². The zero-order valence-electron chi connectivity index (χ0n) is 10.3. The molecular formula is C14H16O4. The van der Waals surface area contributed by atoms with Crippen molar-refractivity contribution in [2.75, 3.05) is 13.2 Å². The number of carboxylic acid groups (broad SMARTS) is 1. The Balaban J connectivity index is 2.24. The quantitative estimate of drug-likeness (QED) is 0.593. The minimum Gasteiger partial charge on any atom is -0.494 e. The average Bonchev–Trinajstić information content (AvgIpc) is 2.38. The predicted octanol–water partition coefficient (Wildman–Crippen LogP) is 2.19. The van der Waals surface area contributed by atoms with E-state index in [0.717, 1.165) is 6.42 Å². The summed E-state index contributed by atoms with van der Waals surface area (Å²) in [5.41, 5.74) is 0.244. The van der Waals surface area contributed by atoms with Gasteiger partial charge in [0, 0.05) is 6.42 Å². The molecule has 0 spiro atoms. The summed E-state index contributed by atoms with van der Waals surface area (Å²) in [7, 11) is 0. The van der Waals surface area contributed by atoms with Crippen LogP contribution < -0.4 is 4.74 Å². The van der Waals surface area contributed by atoms with E-state index in [1.807, 2.05) is 6.92 Å². The molecule has 0 aliphatic rings. The van der Waals surface area contributed by atoms with Gasteiger partial charge < -0.3 is 14.6 Å². The summed E-state index contributed by atoms with van der Waals surface area (Å²) in [5, 5.41) is 8.72. The van der Waals surface area contributed by atoms with E-state index in [0.29, 0.717) is 19.0 Å². The molecule has 1 aromatic carbocycles. The van der Waals surface area contributed by atoms with Crippen LogP contribution in [0.15, 0.2) is 24.3 Å². The van der Waals surface area contributed by atoms with Crippen molar-refractivity contribution in [3.63, 3.8) is 0 Å². The standard InChI is InChI=1S/C14H16O4/c1-3-11(2)17-9-4-10-18-13-7-5-12(6-8-13)14(15)16/h1,5-8,11H,4,9-10H2,2H3,(H,15,16). The third kappa shape index (κ3) is 4.89. The van der Waals surface area contributed by atoms with Crippen LogP contribution in [0.4, 0.5) is 0 Å². The van der Waals surface area contributed by atoms with Gasteiger partial charge in [-0.1, -0.05) is 5.92 Å². The topological polar surface area (TPSA) is 55.8 Å². The molecule has 1 aromatic rings. The molecule has 0 fully saturated rings. The zero-order valence-corrected chi connectivity index (χ0v) is 10.3. The smallest absolute Gasteiger partial charge is 0.335 e. The number of hydrogen-bond acceptors (Lipinski definition) is 3. The number of aromatic carboxylic acids is 1. The summed E-state index contributed by atoms with van der Waals surface area (Å²) in [4.78, 5) is 10.6. The summed E-state index contributed by atoms with van der Waals surface area (Å²) in [5.74, 6) is 2.17. The lowest BCUT2D eigenvalue weighted by Crippen LogP contribution is -2.09. The van der Waals surface area contributed by atoms with Crippen molar-refractivity contribution in [3.05, 3.63) is 29.8 Å². The molecule has 0 aromatic heterocycles. The summed E-state index contributed by atoms with van der Waals surface area (Å²) in [6.07, 6.45) is 5.71. The largest absolute Gasteiger partial charge is 0.494 e. The highest BCUT2D eigenvalue weighted by Crippen LogP contribution is 2.12. The predicted molar refractivity (Wildman–Crippen MR) is 67.8 cm³/mol. The van der Waals surface area contributed by atoms with Gasteiger partial charge in [0.2, 0.25) is 0 Å². The van der Waals surface area contributed by atoms with Crippen molar-refractivity contribution < 1.29 is 19.4 Å². The average molecular weight is 248 g/mol. The van der Waals surface area contributed by atoms with E-state index in [1.54, 1.807) is 12.1 Å². The van der Waals surface area contributed by atoms with E-state index < -0.39 is 5.97 Å². The Morgan fingerprint density at radius 3 is 2.61 bits per heavy atom. The fourth-order valence-corrected chi connectivity index (χ4v) is 1.25. The molecule has 1 unspecified atom stereocenters. The highest BCUT2D eigenvalue weighted by molar-refractivity contribution is 5.87. The summed E-state index contributed by atoms with van der Waals surface area (Å²) in [6.45, 7) is 2.85. The lowest BCUT2D eigenvalue weighted by Gasteiger charge is -2.08. The molecule has 0 bridgehead atoms. The van der Waals surface area contributed by atoms with E-state index in [1.165, 1.54) is 12.1 Å². The minimum atomic E-state index is -0.946. The monoisotopic (exact) mass is 248 g/mol. The van der Waals surface area contributed by atoms with E-state index in [2.05, 4.69) is 5.92 Å². The van der Waals surface area contributed by atoms with Crippen LogP contribution in [0.25, 0.3) is 0 Å². The second kappa shape index (κ2) is 7.36.